The van der Waals surface area contributed by atoms with E-state index < -0.39 is 5.91 Å². The van der Waals surface area contributed by atoms with Crippen LogP contribution in [0.4, 0.5) is 4.39 Å². The molecule has 0 spiro atoms. The van der Waals surface area contributed by atoms with Crippen molar-refractivity contribution in [2.45, 2.75) is 0 Å². The lowest BCUT2D eigenvalue weighted by atomic mass is 10.1. The average molecular weight is 475 g/mol. The Morgan fingerprint density at radius 1 is 1.00 bits per heavy atom. The number of halogens is 1. The highest BCUT2D eigenvalue weighted by Crippen LogP contribution is 2.30. The van der Waals surface area contributed by atoms with Crippen LogP contribution in [0.5, 0.6) is 0 Å². The van der Waals surface area contributed by atoms with Crippen LogP contribution < -0.4 is 11.0 Å². The maximum absolute atomic E-state index is 13.1. The number of hydrogen-bond acceptors (Lipinski definition) is 6. The molecule has 0 saturated heterocycles. The fourth-order valence-corrected chi connectivity index (χ4v) is 4.95. The Morgan fingerprint density at radius 2 is 1.79 bits per heavy atom. The maximum Gasteiger partial charge on any atom is 0.281 e. The third-order valence-corrected chi connectivity index (χ3v) is 6.62. The SMILES string of the molecule is O=C(/C=C/c1csc(-c2ccc(F)cc2)n1)Nn1cnc2scc(-c3ccccc3)c2c1=O. The van der Waals surface area contributed by atoms with Crippen molar-refractivity contribution in [1.82, 2.24) is 14.6 Å². The minimum Gasteiger partial charge on any atom is -0.268 e. The molecule has 0 fully saturated rings. The Balaban J connectivity index is 1.35. The van der Waals surface area contributed by atoms with Crippen LogP contribution in [0.25, 0.3) is 38.0 Å². The number of nitrogens with one attached hydrogen (secondary N) is 1. The quantitative estimate of drug-likeness (QED) is 0.357. The van der Waals surface area contributed by atoms with E-state index in [2.05, 4.69) is 15.4 Å². The fraction of sp³-hybridized carbons (Fsp3) is 0. The molecule has 2 aromatic carbocycles. The minimum atomic E-state index is -0.494. The van der Waals surface area contributed by atoms with Crippen LogP contribution in [0.3, 0.4) is 0 Å². The largest absolute Gasteiger partial charge is 0.281 e. The Labute approximate surface area is 195 Å². The molecule has 0 radical (unpaired) electrons. The Bertz CT molecular complexity index is 1540. The number of amides is 1. The van der Waals surface area contributed by atoms with Gasteiger partial charge < -0.3 is 0 Å². The smallest absolute Gasteiger partial charge is 0.268 e. The van der Waals surface area contributed by atoms with Gasteiger partial charge >= 0.3 is 0 Å². The van der Waals surface area contributed by atoms with Crippen molar-refractivity contribution in [2.24, 2.45) is 0 Å². The summed E-state index contributed by atoms with van der Waals surface area (Å²) in [5.74, 6) is -0.806. The van der Waals surface area contributed by atoms with E-state index in [1.807, 2.05) is 35.7 Å². The van der Waals surface area contributed by atoms with Crippen LogP contribution in [-0.2, 0) is 4.79 Å². The zero-order valence-electron chi connectivity index (χ0n) is 16.9. The van der Waals surface area contributed by atoms with Crippen molar-refractivity contribution in [1.29, 1.82) is 0 Å². The molecule has 0 unspecified atom stereocenters. The molecule has 0 aliphatic rings. The summed E-state index contributed by atoms with van der Waals surface area (Å²) in [6.45, 7) is 0. The van der Waals surface area contributed by atoms with E-state index in [0.717, 1.165) is 21.4 Å². The summed E-state index contributed by atoms with van der Waals surface area (Å²) >= 11 is 2.77. The van der Waals surface area contributed by atoms with Crippen molar-refractivity contribution in [3.63, 3.8) is 0 Å². The average Bonchev–Trinajstić information content (AvgIpc) is 3.48. The molecule has 0 aliphatic carbocycles. The van der Waals surface area contributed by atoms with E-state index in [1.54, 1.807) is 23.6 Å². The second kappa shape index (κ2) is 8.89. The molecule has 0 atom stereocenters. The number of hydrogen-bond donors (Lipinski definition) is 1. The number of rotatable bonds is 5. The molecule has 1 N–H and O–H groups in total. The first-order valence-corrected chi connectivity index (χ1v) is 11.6. The van der Waals surface area contributed by atoms with Gasteiger partial charge in [-0.05, 0) is 35.9 Å². The molecular formula is C24H15FN4O2S2. The minimum absolute atomic E-state index is 0.312. The summed E-state index contributed by atoms with van der Waals surface area (Å²) in [6.07, 6.45) is 4.15. The van der Waals surface area contributed by atoms with E-state index in [-0.39, 0.29) is 11.4 Å². The predicted octanol–water partition coefficient (Wildman–Crippen LogP) is 5.17. The van der Waals surface area contributed by atoms with Crippen LogP contribution >= 0.6 is 22.7 Å². The molecule has 5 aromatic rings. The van der Waals surface area contributed by atoms with Gasteiger partial charge in [0.15, 0.2) is 0 Å². The molecule has 9 heteroatoms. The highest BCUT2D eigenvalue weighted by Gasteiger charge is 2.14. The second-order valence-electron chi connectivity index (χ2n) is 7.01. The van der Waals surface area contributed by atoms with Crippen molar-refractivity contribution in [2.75, 3.05) is 5.43 Å². The zero-order valence-corrected chi connectivity index (χ0v) is 18.6. The summed E-state index contributed by atoms with van der Waals surface area (Å²) in [7, 11) is 0. The van der Waals surface area contributed by atoms with Crippen molar-refractivity contribution in [3.05, 3.63) is 99.6 Å². The molecule has 0 aliphatic heterocycles. The zero-order chi connectivity index (χ0) is 22.8. The fourth-order valence-electron chi connectivity index (χ4n) is 3.25. The third-order valence-electron chi connectivity index (χ3n) is 4.83. The monoisotopic (exact) mass is 474 g/mol. The molecule has 1 amide bonds. The van der Waals surface area contributed by atoms with Gasteiger partial charge in [-0.3, -0.25) is 15.0 Å². The molecule has 3 aromatic heterocycles. The van der Waals surface area contributed by atoms with Crippen LogP contribution in [0, 0.1) is 5.82 Å². The third kappa shape index (κ3) is 4.36. The van der Waals surface area contributed by atoms with Gasteiger partial charge in [-0.25, -0.2) is 19.0 Å². The first-order chi connectivity index (χ1) is 16.1. The van der Waals surface area contributed by atoms with Gasteiger partial charge in [0.2, 0.25) is 0 Å². The Morgan fingerprint density at radius 3 is 2.58 bits per heavy atom. The lowest BCUT2D eigenvalue weighted by Gasteiger charge is -2.06. The number of nitrogens with zero attached hydrogens (tertiary/aromatic N) is 3. The van der Waals surface area contributed by atoms with Gasteiger partial charge in [-0.1, -0.05) is 30.3 Å². The first-order valence-electron chi connectivity index (χ1n) is 9.83. The van der Waals surface area contributed by atoms with Crippen molar-refractivity contribution >= 4 is 44.9 Å². The standard InChI is InChI=1S/C24H15FN4O2S2/c25-17-8-6-16(7-9-17)22-27-18(12-32-22)10-11-20(30)28-29-14-26-23-21(24(29)31)19(13-33-23)15-4-2-1-3-5-15/h1-14H,(H,28,30)/b11-10+. The summed E-state index contributed by atoms with van der Waals surface area (Å²) < 4.78 is 14.2. The van der Waals surface area contributed by atoms with E-state index in [1.165, 1.54) is 47.2 Å². The number of carbonyl (C=O) groups is 1. The number of carbonyl (C=O) groups excluding carboxylic acids is 1. The second-order valence-corrected chi connectivity index (χ2v) is 8.73. The maximum atomic E-state index is 13.1. The van der Waals surface area contributed by atoms with Gasteiger partial charge in [0.25, 0.3) is 11.5 Å². The molecule has 33 heavy (non-hydrogen) atoms. The molecule has 5 rings (SSSR count). The summed E-state index contributed by atoms with van der Waals surface area (Å²) in [5, 5.41) is 4.86. The summed E-state index contributed by atoms with van der Waals surface area (Å²) in [4.78, 5) is 34.8. The molecule has 0 saturated carbocycles. The van der Waals surface area contributed by atoms with Crippen LogP contribution in [0.1, 0.15) is 5.69 Å². The lowest BCUT2D eigenvalue weighted by molar-refractivity contribution is -0.112. The van der Waals surface area contributed by atoms with Crippen LogP contribution in [0.2, 0.25) is 0 Å². The lowest BCUT2D eigenvalue weighted by Crippen LogP contribution is -2.32. The topological polar surface area (TPSA) is 76.9 Å². The Kier molecular flexibility index (Phi) is 5.64. The summed E-state index contributed by atoms with van der Waals surface area (Å²) in [5.41, 5.74) is 5.25. The van der Waals surface area contributed by atoms with Gasteiger partial charge in [-0.15, -0.1) is 22.7 Å². The van der Waals surface area contributed by atoms with Crippen molar-refractivity contribution < 1.29 is 9.18 Å². The van der Waals surface area contributed by atoms with Crippen molar-refractivity contribution in [3.8, 4) is 21.7 Å². The molecular weight excluding hydrogens is 459 g/mol. The van der Waals surface area contributed by atoms with E-state index in [9.17, 15) is 14.0 Å². The molecule has 3 heterocycles. The van der Waals surface area contributed by atoms with E-state index in [4.69, 9.17) is 0 Å². The number of thiazole rings is 1. The number of benzene rings is 2. The summed E-state index contributed by atoms with van der Waals surface area (Å²) in [6, 6.07) is 15.6. The van der Waals surface area contributed by atoms with Crippen LogP contribution in [0.15, 0.2) is 82.6 Å². The Hall–Kier alpha value is -3.95. The molecule has 0 bridgehead atoms. The highest BCUT2D eigenvalue weighted by molar-refractivity contribution is 7.17. The molecule has 6 nitrogen and oxygen atoms in total. The van der Waals surface area contributed by atoms with Gasteiger partial charge in [0, 0.05) is 28.0 Å². The first kappa shape index (κ1) is 20.9. The highest BCUT2D eigenvalue weighted by atomic mass is 32.1. The normalized spacial score (nSPS) is 11.3. The van der Waals surface area contributed by atoms with Crippen LogP contribution in [-0.4, -0.2) is 20.6 Å². The molecule has 162 valence electrons. The van der Waals surface area contributed by atoms with Gasteiger partial charge in [0.1, 0.15) is 22.0 Å². The van der Waals surface area contributed by atoms with E-state index >= 15 is 0 Å². The predicted molar refractivity (Wildman–Crippen MR) is 130 cm³/mol. The number of fused-ring (bicyclic) bond motifs is 1. The number of thiophene rings is 1. The van der Waals surface area contributed by atoms with E-state index in [0.29, 0.717) is 20.9 Å². The van der Waals surface area contributed by atoms with Gasteiger partial charge in [0.05, 0.1) is 11.1 Å². The van der Waals surface area contributed by atoms with Gasteiger partial charge in [-0.2, -0.15) is 0 Å². The number of aromatic nitrogens is 3.